The number of anilines is 2. The van der Waals surface area contributed by atoms with E-state index in [9.17, 15) is 4.79 Å². The minimum atomic E-state index is -0.207. The predicted octanol–water partition coefficient (Wildman–Crippen LogP) is 4.09. The van der Waals surface area contributed by atoms with Gasteiger partial charge in [0, 0.05) is 10.2 Å². The number of carbonyl (C=O) groups excluding carboxylic acids is 1. The lowest BCUT2D eigenvalue weighted by Crippen LogP contribution is -2.41. The van der Waals surface area contributed by atoms with E-state index in [1.54, 1.807) is 0 Å². The summed E-state index contributed by atoms with van der Waals surface area (Å²) in [6.45, 7) is 0.797. The SMILES string of the molecule is O=C(CSc1nnc(Nc2cccc(Br)c2)s1)NC[C@@H]1COc2ccccc2O1. The molecule has 2 heterocycles. The smallest absolute Gasteiger partial charge is 0.230 e. The van der Waals surface area contributed by atoms with Crippen molar-refractivity contribution >= 4 is 55.8 Å². The molecule has 150 valence electrons. The Morgan fingerprint density at radius 3 is 2.93 bits per heavy atom. The highest BCUT2D eigenvalue weighted by Gasteiger charge is 2.21. The van der Waals surface area contributed by atoms with Gasteiger partial charge in [-0.25, -0.2) is 0 Å². The van der Waals surface area contributed by atoms with E-state index in [2.05, 4.69) is 36.8 Å². The highest BCUT2D eigenvalue weighted by Crippen LogP contribution is 2.31. The zero-order valence-electron chi connectivity index (χ0n) is 15.1. The Morgan fingerprint density at radius 2 is 2.07 bits per heavy atom. The van der Waals surface area contributed by atoms with Crippen LogP contribution in [0.4, 0.5) is 10.8 Å². The number of thioether (sulfide) groups is 1. The quantitative estimate of drug-likeness (QED) is 0.480. The number of aromatic nitrogens is 2. The summed E-state index contributed by atoms with van der Waals surface area (Å²) in [4.78, 5) is 12.1. The van der Waals surface area contributed by atoms with Crippen LogP contribution in [0.3, 0.4) is 0 Å². The molecule has 2 aromatic carbocycles. The highest BCUT2D eigenvalue weighted by molar-refractivity contribution is 9.10. The van der Waals surface area contributed by atoms with E-state index in [1.807, 2.05) is 48.5 Å². The largest absolute Gasteiger partial charge is 0.486 e. The molecule has 0 bridgehead atoms. The number of ether oxygens (including phenoxy) is 2. The first kappa shape index (κ1) is 20.0. The van der Waals surface area contributed by atoms with Crippen molar-refractivity contribution in [2.75, 3.05) is 24.2 Å². The molecule has 0 radical (unpaired) electrons. The summed E-state index contributed by atoms with van der Waals surface area (Å²) in [5.74, 6) is 1.60. The molecule has 1 aromatic heterocycles. The minimum Gasteiger partial charge on any atom is -0.486 e. The van der Waals surface area contributed by atoms with Gasteiger partial charge in [-0.05, 0) is 30.3 Å². The number of nitrogens with zero attached hydrogens (tertiary/aromatic N) is 2. The number of benzene rings is 2. The molecule has 1 aliphatic heterocycles. The van der Waals surface area contributed by atoms with Gasteiger partial charge in [-0.1, -0.05) is 57.2 Å². The summed E-state index contributed by atoms with van der Waals surface area (Å²) in [5.41, 5.74) is 0.918. The van der Waals surface area contributed by atoms with Crippen LogP contribution in [0.25, 0.3) is 0 Å². The van der Waals surface area contributed by atoms with Crippen LogP contribution in [0.1, 0.15) is 0 Å². The summed E-state index contributed by atoms with van der Waals surface area (Å²) in [5, 5.41) is 15.0. The van der Waals surface area contributed by atoms with E-state index in [4.69, 9.17) is 9.47 Å². The van der Waals surface area contributed by atoms with Gasteiger partial charge in [-0.3, -0.25) is 4.79 Å². The van der Waals surface area contributed by atoms with E-state index in [0.717, 1.165) is 20.2 Å². The van der Waals surface area contributed by atoms with Gasteiger partial charge in [0.05, 0.1) is 12.3 Å². The third-order valence-electron chi connectivity index (χ3n) is 3.90. The first-order valence-electron chi connectivity index (χ1n) is 8.80. The number of hydrogen-bond donors (Lipinski definition) is 2. The van der Waals surface area contributed by atoms with Crippen molar-refractivity contribution in [3.63, 3.8) is 0 Å². The number of fused-ring (bicyclic) bond motifs is 1. The van der Waals surface area contributed by atoms with Crippen molar-refractivity contribution in [3.05, 3.63) is 53.0 Å². The minimum absolute atomic E-state index is 0.0887. The summed E-state index contributed by atoms with van der Waals surface area (Å²) in [6, 6.07) is 15.3. The van der Waals surface area contributed by atoms with E-state index >= 15 is 0 Å². The molecular formula is C19H17BrN4O3S2. The normalized spacial score (nSPS) is 15.0. The van der Waals surface area contributed by atoms with Crippen molar-refractivity contribution in [2.45, 2.75) is 10.4 Å². The topological polar surface area (TPSA) is 85.4 Å². The average Bonchev–Trinajstić information content (AvgIpc) is 3.18. The van der Waals surface area contributed by atoms with Crippen LogP contribution in [-0.2, 0) is 4.79 Å². The van der Waals surface area contributed by atoms with E-state index in [-0.39, 0.29) is 17.8 Å². The molecule has 1 amide bonds. The standard InChI is InChI=1S/C19H17BrN4O3S2/c20-12-4-3-5-13(8-12)22-18-23-24-19(29-18)28-11-17(25)21-9-14-10-26-15-6-1-2-7-16(15)27-14/h1-8,14H,9-11H2,(H,21,25)(H,22,23)/t14-/m1/s1. The fraction of sp³-hybridized carbons (Fsp3) is 0.211. The maximum Gasteiger partial charge on any atom is 0.230 e. The molecule has 10 heteroatoms. The molecule has 0 aliphatic carbocycles. The Kier molecular flexibility index (Phi) is 6.53. The number of nitrogens with one attached hydrogen (secondary N) is 2. The van der Waals surface area contributed by atoms with Crippen LogP contribution in [0.2, 0.25) is 0 Å². The van der Waals surface area contributed by atoms with Gasteiger partial charge >= 0.3 is 0 Å². The number of para-hydroxylation sites is 2. The van der Waals surface area contributed by atoms with Gasteiger partial charge in [0.25, 0.3) is 0 Å². The van der Waals surface area contributed by atoms with Gasteiger partial charge in [0.2, 0.25) is 11.0 Å². The predicted molar refractivity (Wildman–Crippen MR) is 117 cm³/mol. The van der Waals surface area contributed by atoms with Crippen LogP contribution < -0.4 is 20.1 Å². The third-order valence-corrected chi connectivity index (χ3v) is 6.37. The molecule has 1 atom stereocenters. The number of hydrogen-bond acceptors (Lipinski definition) is 8. The highest BCUT2D eigenvalue weighted by atomic mass is 79.9. The first-order valence-corrected chi connectivity index (χ1v) is 11.4. The Hall–Kier alpha value is -2.30. The van der Waals surface area contributed by atoms with Gasteiger partial charge < -0.3 is 20.1 Å². The molecule has 0 spiro atoms. The Morgan fingerprint density at radius 1 is 1.21 bits per heavy atom. The monoisotopic (exact) mass is 492 g/mol. The van der Waals surface area contributed by atoms with Crippen molar-refractivity contribution in [3.8, 4) is 11.5 Å². The van der Waals surface area contributed by atoms with Gasteiger partial charge in [0.15, 0.2) is 15.8 Å². The Labute approximate surface area is 184 Å². The molecule has 0 fully saturated rings. The summed E-state index contributed by atoms with van der Waals surface area (Å²) >= 11 is 6.19. The van der Waals surface area contributed by atoms with Crippen molar-refractivity contribution < 1.29 is 14.3 Å². The van der Waals surface area contributed by atoms with Crippen LogP contribution in [0.5, 0.6) is 11.5 Å². The molecule has 29 heavy (non-hydrogen) atoms. The van der Waals surface area contributed by atoms with Crippen LogP contribution in [0.15, 0.2) is 57.3 Å². The fourth-order valence-corrected chi connectivity index (χ4v) is 4.58. The van der Waals surface area contributed by atoms with Crippen LogP contribution in [-0.4, -0.2) is 41.1 Å². The molecule has 7 nitrogen and oxygen atoms in total. The second-order valence-corrected chi connectivity index (χ2v) is 9.21. The van der Waals surface area contributed by atoms with Crippen molar-refractivity contribution in [2.24, 2.45) is 0 Å². The Balaban J connectivity index is 1.21. The second-order valence-electron chi connectivity index (χ2n) is 6.10. The zero-order valence-corrected chi connectivity index (χ0v) is 18.4. The number of amides is 1. The van der Waals surface area contributed by atoms with Crippen LogP contribution >= 0.6 is 39.0 Å². The zero-order chi connectivity index (χ0) is 20.1. The molecular weight excluding hydrogens is 476 g/mol. The van der Waals surface area contributed by atoms with Crippen molar-refractivity contribution in [1.82, 2.24) is 15.5 Å². The lowest BCUT2D eigenvalue weighted by Gasteiger charge is -2.26. The molecule has 4 rings (SSSR count). The van der Waals surface area contributed by atoms with Gasteiger partial charge in [0.1, 0.15) is 12.7 Å². The number of carbonyl (C=O) groups is 1. The number of halogens is 1. The van der Waals surface area contributed by atoms with Gasteiger partial charge in [-0.2, -0.15) is 0 Å². The van der Waals surface area contributed by atoms with Crippen LogP contribution in [0, 0.1) is 0 Å². The molecule has 2 N–H and O–H groups in total. The first-order chi connectivity index (χ1) is 14.2. The maximum atomic E-state index is 12.1. The third kappa shape index (κ3) is 5.62. The molecule has 0 unspecified atom stereocenters. The van der Waals surface area contributed by atoms with Crippen molar-refractivity contribution in [1.29, 1.82) is 0 Å². The number of rotatable bonds is 7. The lowest BCUT2D eigenvalue weighted by molar-refractivity contribution is -0.119. The van der Waals surface area contributed by atoms with E-state index in [1.165, 1.54) is 23.1 Å². The summed E-state index contributed by atoms with van der Waals surface area (Å²) in [7, 11) is 0. The lowest BCUT2D eigenvalue weighted by atomic mass is 10.2. The van der Waals surface area contributed by atoms with E-state index in [0.29, 0.717) is 24.0 Å². The average molecular weight is 493 g/mol. The molecule has 1 aliphatic rings. The van der Waals surface area contributed by atoms with Gasteiger partial charge in [-0.15, -0.1) is 10.2 Å². The second kappa shape index (κ2) is 9.47. The fourth-order valence-electron chi connectivity index (χ4n) is 2.58. The Bertz CT molecular complexity index is 1000. The summed E-state index contributed by atoms with van der Waals surface area (Å²) in [6.07, 6.45) is -0.207. The maximum absolute atomic E-state index is 12.1. The molecule has 3 aromatic rings. The molecule has 0 saturated heterocycles. The molecule has 0 saturated carbocycles. The van der Waals surface area contributed by atoms with E-state index < -0.39 is 0 Å². The summed E-state index contributed by atoms with van der Waals surface area (Å²) < 4.78 is 13.2.